The minimum atomic E-state index is -0.789. The smallest absolute Gasteiger partial charge is 0.306 e. The number of unbranched alkanes of at least 4 members (excludes halogenated alkanes) is 22. The summed E-state index contributed by atoms with van der Waals surface area (Å²) in [7, 11) is 0. The molecule has 7 heteroatoms. The number of furan rings is 2. The SMILES string of the molecule is CCCCCc1oc(CCCCCCCCCCCCC(=O)OC[C@H](CO)OC(=O)CCCCCCCCCCCCc2oc(CCCCC)c(C)c2C)c(C)c1C. The van der Waals surface area contributed by atoms with E-state index >= 15 is 0 Å². The van der Waals surface area contributed by atoms with Crippen molar-refractivity contribution in [3.63, 3.8) is 0 Å². The first kappa shape index (κ1) is 51.6. The molecule has 1 N–H and O–H groups in total. The lowest BCUT2D eigenvalue weighted by Gasteiger charge is -2.15. The highest BCUT2D eigenvalue weighted by molar-refractivity contribution is 5.70. The van der Waals surface area contributed by atoms with Gasteiger partial charge in [-0.2, -0.15) is 0 Å². The second kappa shape index (κ2) is 33.2. The van der Waals surface area contributed by atoms with Crippen molar-refractivity contribution in [3.05, 3.63) is 45.3 Å². The largest absolute Gasteiger partial charge is 0.466 e. The zero-order valence-corrected chi connectivity index (χ0v) is 38.5. The highest BCUT2D eigenvalue weighted by Crippen LogP contribution is 2.26. The van der Waals surface area contributed by atoms with Gasteiger partial charge in [-0.15, -0.1) is 0 Å². The predicted octanol–water partition coefficient (Wildman–Crippen LogP) is 14.4. The van der Waals surface area contributed by atoms with E-state index in [1.807, 2.05) is 0 Å². The van der Waals surface area contributed by atoms with Gasteiger partial charge in [0.25, 0.3) is 0 Å². The summed E-state index contributed by atoms with van der Waals surface area (Å²) in [4.78, 5) is 24.5. The fraction of sp³-hybridized carbons (Fsp3) is 0.804. The standard InChI is InChI=1S/C51H88O7/c1-7-9-27-33-46-41(3)43(5)48(57-46)35-29-23-19-15-11-13-17-21-25-31-37-50(53)55-40-45(39-52)56-51(54)38-32-26-22-18-14-12-16-20-24-30-36-49-44(6)42(4)47(58-49)34-28-10-8-2/h45,52H,7-40H2,1-6H3/t45-/m0/s1. The van der Waals surface area contributed by atoms with E-state index in [2.05, 4.69) is 41.5 Å². The van der Waals surface area contributed by atoms with Crippen LogP contribution in [-0.2, 0) is 44.7 Å². The van der Waals surface area contributed by atoms with E-state index in [1.165, 1.54) is 174 Å². The monoisotopic (exact) mass is 813 g/mol. The summed E-state index contributed by atoms with van der Waals surface area (Å²) in [6.45, 7) is 12.9. The van der Waals surface area contributed by atoms with Crippen LogP contribution in [0.15, 0.2) is 8.83 Å². The number of esters is 2. The molecule has 2 rings (SSSR count). The summed E-state index contributed by atoms with van der Waals surface area (Å²) in [6.07, 6.45) is 35.0. The maximum absolute atomic E-state index is 12.3. The lowest BCUT2D eigenvalue weighted by Crippen LogP contribution is -2.28. The van der Waals surface area contributed by atoms with Crippen LogP contribution in [0, 0.1) is 27.7 Å². The van der Waals surface area contributed by atoms with E-state index < -0.39 is 6.10 Å². The Balaban J connectivity index is 1.36. The quantitative estimate of drug-likeness (QED) is 0.0532. The molecule has 0 aromatic carbocycles. The number of aryl methyl sites for hydroxylation is 4. The van der Waals surface area contributed by atoms with Gasteiger partial charge in [0.2, 0.25) is 0 Å². The number of aliphatic hydroxyl groups excluding tert-OH is 1. The van der Waals surface area contributed by atoms with Gasteiger partial charge < -0.3 is 23.4 Å². The molecule has 2 heterocycles. The van der Waals surface area contributed by atoms with Crippen molar-refractivity contribution in [2.24, 2.45) is 0 Å². The Morgan fingerprint density at radius 3 is 1.07 bits per heavy atom. The normalized spacial score (nSPS) is 12.1. The average Bonchev–Trinajstić information content (AvgIpc) is 3.64. The number of carbonyl (C=O) groups excluding carboxylic acids is 2. The van der Waals surface area contributed by atoms with E-state index in [0.29, 0.717) is 12.8 Å². The van der Waals surface area contributed by atoms with Gasteiger partial charge in [-0.05, 0) is 88.5 Å². The molecule has 334 valence electrons. The molecule has 1 atom stereocenters. The Labute approximate surface area is 355 Å². The Kier molecular flexibility index (Phi) is 29.5. The van der Waals surface area contributed by atoms with E-state index in [0.717, 1.165) is 64.2 Å². The number of hydrogen-bond donors (Lipinski definition) is 1. The van der Waals surface area contributed by atoms with Crippen LogP contribution in [0.3, 0.4) is 0 Å². The average molecular weight is 813 g/mol. The van der Waals surface area contributed by atoms with Gasteiger partial charge >= 0.3 is 11.9 Å². The molecule has 0 amide bonds. The van der Waals surface area contributed by atoms with Crippen LogP contribution in [0.2, 0.25) is 0 Å². The molecule has 0 unspecified atom stereocenters. The summed E-state index contributed by atoms with van der Waals surface area (Å²) in [5.74, 6) is 4.22. The molecule has 7 nitrogen and oxygen atoms in total. The molecule has 0 aliphatic carbocycles. The summed E-state index contributed by atoms with van der Waals surface area (Å²) >= 11 is 0. The van der Waals surface area contributed by atoms with Crippen molar-refractivity contribution in [3.8, 4) is 0 Å². The van der Waals surface area contributed by atoms with E-state index in [-0.39, 0.29) is 25.2 Å². The third kappa shape index (κ3) is 22.7. The van der Waals surface area contributed by atoms with Gasteiger partial charge in [0.1, 0.15) is 29.6 Å². The van der Waals surface area contributed by atoms with Crippen LogP contribution in [-0.4, -0.2) is 36.4 Å². The number of aliphatic hydroxyl groups is 1. The highest BCUT2D eigenvalue weighted by atomic mass is 16.6. The van der Waals surface area contributed by atoms with Crippen LogP contribution in [0.1, 0.15) is 239 Å². The van der Waals surface area contributed by atoms with Gasteiger partial charge in [0, 0.05) is 38.5 Å². The molecule has 0 saturated heterocycles. The zero-order chi connectivity index (χ0) is 42.2. The van der Waals surface area contributed by atoms with E-state index in [9.17, 15) is 14.7 Å². The third-order valence-electron chi connectivity index (χ3n) is 12.3. The Bertz CT molecular complexity index is 1340. The summed E-state index contributed by atoms with van der Waals surface area (Å²) in [6, 6.07) is 0. The number of rotatable bonds is 38. The van der Waals surface area contributed by atoms with Crippen molar-refractivity contribution in [1.29, 1.82) is 0 Å². The predicted molar refractivity (Wildman–Crippen MR) is 240 cm³/mol. The van der Waals surface area contributed by atoms with Crippen molar-refractivity contribution in [1.82, 2.24) is 0 Å². The molecule has 0 aliphatic heterocycles. The first-order valence-electron chi connectivity index (χ1n) is 24.3. The Morgan fingerprint density at radius 1 is 0.448 bits per heavy atom. The van der Waals surface area contributed by atoms with Crippen molar-refractivity contribution in [2.45, 2.75) is 253 Å². The van der Waals surface area contributed by atoms with E-state index in [1.54, 1.807) is 0 Å². The van der Waals surface area contributed by atoms with Crippen molar-refractivity contribution >= 4 is 11.9 Å². The topological polar surface area (TPSA) is 99.1 Å². The molecule has 0 bridgehead atoms. The van der Waals surface area contributed by atoms with Gasteiger partial charge in [0.15, 0.2) is 6.10 Å². The third-order valence-corrected chi connectivity index (χ3v) is 12.3. The second-order valence-corrected chi connectivity index (χ2v) is 17.4. The van der Waals surface area contributed by atoms with Crippen LogP contribution in [0.5, 0.6) is 0 Å². The molecule has 58 heavy (non-hydrogen) atoms. The van der Waals surface area contributed by atoms with Crippen LogP contribution < -0.4 is 0 Å². The lowest BCUT2D eigenvalue weighted by molar-refractivity contribution is -0.161. The molecule has 0 fully saturated rings. The molecule has 0 saturated carbocycles. The Morgan fingerprint density at radius 2 is 0.741 bits per heavy atom. The molecule has 0 spiro atoms. The fourth-order valence-electron chi connectivity index (χ4n) is 8.03. The molecule has 0 radical (unpaired) electrons. The minimum absolute atomic E-state index is 0.0792. The maximum atomic E-state index is 12.3. The van der Waals surface area contributed by atoms with Crippen LogP contribution in [0.4, 0.5) is 0 Å². The van der Waals surface area contributed by atoms with Crippen LogP contribution in [0.25, 0.3) is 0 Å². The van der Waals surface area contributed by atoms with Crippen molar-refractivity contribution < 1.29 is 33.0 Å². The number of carbonyl (C=O) groups is 2. The van der Waals surface area contributed by atoms with Gasteiger partial charge in [-0.1, -0.05) is 142 Å². The fourth-order valence-corrected chi connectivity index (χ4v) is 8.03. The number of ether oxygens (including phenoxy) is 2. The molecule has 2 aromatic heterocycles. The summed E-state index contributed by atoms with van der Waals surface area (Å²) in [5, 5.41) is 9.65. The molecular formula is C51H88O7. The van der Waals surface area contributed by atoms with Gasteiger partial charge in [0.05, 0.1) is 6.61 Å². The van der Waals surface area contributed by atoms with Crippen molar-refractivity contribution in [2.75, 3.05) is 13.2 Å². The van der Waals surface area contributed by atoms with Crippen LogP contribution >= 0.6 is 0 Å². The maximum Gasteiger partial charge on any atom is 0.306 e. The zero-order valence-electron chi connectivity index (χ0n) is 38.5. The molecule has 0 aliphatic rings. The number of hydrogen-bond acceptors (Lipinski definition) is 7. The summed E-state index contributed by atoms with van der Waals surface area (Å²) < 4.78 is 23.2. The van der Waals surface area contributed by atoms with Gasteiger partial charge in [-0.25, -0.2) is 0 Å². The highest BCUT2D eigenvalue weighted by Gasteiger charge is 2.17. The first-order chi connectivity index (χ1) is 28.2. The summed E-state index contributed by atoms with van der Waals surface area (Å²) in [5.41, 5.74) is 5.46. The van der Waals surface area contributed by atoms with E-state index in [4.69, 9.17) is 18.3 Å². The van der Waals surface area contributed by atoms with Gasteiger partial charge in [-0.3, -0.25) is 9.59 Å². The lowest BCUT2D eigenvalue weighted by atomic mass is 10.0. The molecule has 2 aromatic rings. The second-order valence-electron chi connectivity index (χ2n) is 17.4. The molecular weight excluding hydrogens is 725 g/mol. The Hall–Kier alpha value is -2.54. The minimum Gasteiger partial charge on any atom is -0.466 e. The first-order valence-corrected chi connectivity index (χ1v) is 24.3.